The van der Waals surface area contributed by atoms with Crippen molar-refractivity contribution in [3.63, 3.8) is 0 Å². The molecule has 1 N–H and O–H groups in total. The standard InChI is InChI=1S/C15H22N4O/c20-15(5-4-13-3-1-2-6-17-13)19-11-14(12-19)18-9-7-16-8-10-18/h1-3,6,14,16H,4-5,7-12H2. The molecule has 0 radical (unpaired) electrons. The van der Waals surface area contributed by atoms with Gasteiger partial charge < -0.3 is 10.2 Å². The molecule has 2 saturated heterocycles. The van der Waals surface area contributed by atoms with Gasteiger partial charge in [-0.3, -0.25) is 14.7 Å². The molecule has 5 heteroatoms. The summed E-state index contributed by atoms with van der Waals surface area (Å²) >= 11 is 0. The summed E-state index contributed by atoms with van der Waals surface area (Å²) in [5.41, 5.74) is 1.00. The molecule has 1 amide bonds. The number of nitrogens with zero attached hydrogens (tertiary/aromatic N) is 3. The van der Waals surface area contributed by atoms with Crippen LogP contribution >= 0.6 is 0 Å². The number of carbonyl (C=O) groups excluding carboxylic acids is 1. The molecular formula is C15H22N4O. The van der Waals surface area contributed by atoms with Crippen LogP contribution in [0.4, 0.5) is 0 Å². The lowest BCUT2D eigenvalue weighted by molar-refractivity contribution is -0.138. The fraction of sp³-hybridized carbons (Fsp3) is 0.600. The van der Waals surface area contributed by atoms with Crippen molar-refractivity contribution in [2.45, 2.75) is 18.9 Å². The molecule has 3 heterocycles. The Morgan fingerprint density at radius 3 is 2.80 bits per heavy atom. The normalized spacial score (nSPS) is 20.7. The fourth-order valence-electron chi connectivity index (χ4n) is 2.88. The summed E-state index contributed by atoms with van der Waals surface area (Å²) in [6, 6.07) is 6.43. The molecule has 0 atom stereocenters. The first-order valence-corrected chi connectivity index (χ1v) is 7.45. The molecule has 108 valence electrons. The first-order chi connectivity index (χ1) is 9.83. The van der Waals surface area contributed by atoms with Crippen LogP contribution in [0.2, 0.25) is 0 Å². The lowest BCUT2D eigenvalue weighted by atomic mass is 10.0. The molecule has 5 nitrogen and oxygen atoms in total. The van der Waals surface area contributed by atoms with E-state index in [1.807, 2.05) is 23.1 Å². The van der Waals surface area contributed by atoms with Gasteiger partial charge in [0, 0.05) is 63.6 Å². The van der Waals surface area contributed by atoms with Gasteiger partial charge in [0.1, 0.15) is 0 Å². The fourth-order valence-corrected chi connectivity index (χ4v) is 2.88. The molecule has 1 aromatic rings. The predicted molar refractivity (Wildman–Crippen MR) is 77.4 cm³/mol. The number of hydrogen-bond acceptors (Lipinski definition) is 4. The van der Waals surface area contributed by atoms with Gasteiger partial charge in [0.25, 0.3) is 0 Å². The van der Waals surface area contributed by atoms with Crippen LogP contribution in [0.5, 0.6) is 0 Å². The number of carbonyl (C=O) groups is 1. The first-order valence-electron chi connectivity index (χ1n) is 7.45. The van der Waals surface area contributed by atoms with Crippen molar-refractivity contribution in [2.75, 3.05) is 39.3 Å². The Morgan fingerprint density at radius 2 is 2.10 bits per heavy atom. The van der Waals surface area contributed by atoms with E-state index in [0.717, 1.165) is 51.4 Å². The number of hydrogen-bond donors (Lipinski definition) is 1. The summed E-state index contributed by atoms with van der Waals surface area (Å²) in [6.45, 7) is 6.18. The molecule has 0 aliphatic carbocycles. The summed E-state index contributed by atoms with van der Waals surface area (Å²) in [6.07, 6.45) is 3.10. The maximum atomic E-state index is 12.1. The van der Waals surface area contributed by atoms with Crippen LogP contribution in [0.25, 0.3) is 0 Å². The zero-order valence-electron chi connectivity index (χ0n) is 11.8. The Morgan fingerprint density at radius 1 is 1.30 bits per heavy atom. The molecule has 2 aliphatic rings. The van der Waals surface area contributed by atoms with Crippen molar-refractivity contribution >= 4 is 5.91 Å². The highest BCUT2D eigenvalue weighted by atomic mass is 16.2. The van der Waals surface area contributed by atoms with E-state index >= 15 is 0 Å². The molecule has 1 aromatic heterocycles. The number of aromatic nitrogens is 1. The highest BCUT2D eigenvalue weighted by Gasteiger charge is 2.34. The van der Waals surface area contributed by atoms with Crippen molar-refractivity contribution in [2.24, 2.45) is 0 Å². The summed E-state index contributed by atoms with van der Waals surface area (Å²) in [4.78, 5) is 20.8. The number of amides is 1. The van der Waals surface area contributed by atoms with Gasteiger partial charge in [-0.15, -0.1) is 0 Å². The monoisotopic (exact) mass is 274 g/mol. The average Bonchev–Trinajstić information content (AvgIpc) is 2.46. The van der Waals surface area contributed by atoms with Crippen LogP contribution in [0.15, 0.2) is 24.4 Å². The average molecular weight is 274 g/mol. The third-order valence-electron chi connectivity index (χ3n) is 4.20. The second-order valence-corrected chi connectivity index (χ2v) is 5.56. The Balaban J connectivity index is 1.39. The molecule has 3 rings (SSSR count). The van der Waals surface area contributed by atoms with Gasteiger partial charge in [-0.2, -0.15) is 0 Å². The van der Waals surface area contributed by atoms with Crippen LogP contribution in [-0.2, 0) is 11.2 Å². The van der Waals surface area contributed by atoms with Gasteiger partial charge in [0.15, 0.2) is 0 Å². The molecule has 2 fully saturated rings. The number of rotatable bonds is 4. The smallest absolute Gasteiger partial charge is 0.223 e. The lowest BCUT2D eigenvalue weighted by Gasteiger charge is -2.46. The van der Waals surface area contributed by atoms with E-state index in [1.165, 1.54) is 0 Å². The minimum absolute atomic E-state index is 0.266. The number of aryl methyl sites for hydroxylation is 1. The Hall–Kier alpha value is -1.46. The van der Waals surface area contributed by atoms with Crippen LogP contribution in [-0.4, -0.2) is 66.0 Å². The van der Waals surface area contributed by atoms with Gasteiger partial charge in [-0.05, 0) is 18.6 Å². The Bertz CT molecular complexity index is 438. The van der Waals surface area contributed by atoms with E-state index in [-0.39, 0.29) is 5.91 Å². The quantitative estimate of drug-likeness (QED) is 0.848. The van der Waals surface area contributed by atoms with E-state index in [1.54, 1.807) is 6.20 Å². The molecule has 0 aromatic carbocycles. The zero-order valence-corrected chi connectivity index (χ0v) is 11.8. The third kappa shape index (κ3) is 3.16. The van der Waals surface area contributed by atoms with Crippen LogP contribution in [0.1, 0.15) is 12.1 Å². The van der Waals surface area contributed by atoms with Gasteiger partial charge in [-0.25, -0.2) is 0 Å². The summed E-state index contributed by atoms with van der Waals surface area (Å²) < 4.78 is 0. The van der Waals surface area contributed by atoms with Crippen LogP contribution in [0, 0.1) is 0 Å². The van der Waals surface area contributed by atoms with E-state index < -0.39 is 0 Å². The molecular weight excluding hydrogens is 252 g/mol. The van der Waals surface area contributed by atoms with Gasteiger partial charge in [0.2, 0.25) is 5.91 Å². The number of piperazine rings is 1. The van der Waals surface area contributed by atoms with E-state index in [2.05, 4.69) is 15.2 Å². The largest absolute Gasteiger partial charge is 0.339 e. The van der Waals surface area contributed by atoms with Crippen molar-refractivity contribution in [1.29, 1.82) is 0 Å². The van der Waals surface area contributed by atoms with Crippen molar-refractivity contribution in [1.82, 2.24) is 20.1 Å². The molecule has 0 spiro atoms. The molecule has 0 saturated carbocycles. The summed E-state index contributed by atoms with van der Waals surface area (Å²) in [7, 11) is 0. The topological polar surface area (TPSA) is 48.5 Å². The highest BCUT2D eigenvalue weighted by molar-refractivity contribution is 5.77. The molecule has 0 unspecified atom stereocenters. The Labute approximate surface area is 120 Å². The van der Waals surface area contributed by atoms with Crippen LogP contribution in [0.3, 0.4) is 0 Å². The zero-order chi connectivity index (χ0) is 13.8. The number of likely N-dealkylation sites (tertiary alicyclic amines) is 1. The number of nitrogens with one attached hydrogen (secondary N) is 1. The Kier molecular flexibility index (Phi) is 4.28. The summed E-state index contributed by atoms with van der Waals surface area (Å²) in [5, 5.41) is 3.36. The minimum atomic E-state index is 0.266. The number of pyridine rings is 1. The molecule has 0 bridgehead atoms. The predicted octanol–water partition coefficient (Wildman–Crippen LogP) is 0.130. The van der Waals surface area contributed by atoms with Crippen molar-refractivity contribution < 1.29 is 4.79 Å². The van der Waals surface area contributed by atoms with E-state index in [0.29, 0.717) is 12.5 Å². The summed E-state index contributed by atoms with van der Waals surface area (Å²) in [5.74, 6) is 0.266. The SMILES string of the molecule is O=C(CCc1ccccn1)N1CC(N2CCNCC2)C1. The third-order valence-corrected chi connectivity index (χ3v) is 4.20. The lowest BCUT2D eigenvalue weighted by Crippen LogP contribution is -2.63. The van der Waals surface area contributed by atoms with Gasteiger partial charge in [-0.1, -0.05) is 6.07 Å². The second kappa shape index (κ2) is 6.33. The molecule has 20 heavy (non-hydrogen) atoms. The van der Waals surface area contributed by atoms with Gasteiger partial charge in [0.05, 0.1) is 0 Å². The molecule has 2 aliphatic heterocycles. The van der Waals surface area contributed by atoms with Crippen molar-refractivity contribution in [3.8, 4) is 0 Å². The second-order valence-electron chi connectivity index (χ2n) is 5.56. The maximum Gasteiger partial charge on any atom is 0.223 e. The van der Waals surface area contributed by atoms with Crippen LogP contribution < -0.4 is 5.32 Å². The van der Waals surface area contributed by atoms with E-state index in [9.17, 15) is 4.79 Å². The first kappa shape index (κ1) is 13.5. The maximum absolute atomic E-state index is 12.1. The van der Waals surface area contributed by atoms with Crippen molar-refractivity contribution in [3.05, 3.63) is 30.1 Å². The van der Waals surface area contributed by atoms with Gasteiger partial charge >= 0.3 is 0 Å². The highest BCUT2D eigenvalue weighted by Crippen LogP contribution is 2.17. The van der Waals surface area contributed by atoms with E-state index in [4.69, 9.17) is 0 Å². The minimum Gasteiger partial charge on any atom is -0.339 e.